The van der Waals surface area contributed by atoms with Gasteiger partial charge in [-0.25, -0.2) is 13.4 Å². The number of hydrogen-bond acceptors (Lipinski definition) is 5. The van der Waals surface area contributed by atoms with E-state index >= 15 is 0 Å². The highest BCUT2D eigenvalue weighted by molar-refractivity contribution is 7.91. The number of aromatic nitrogens is 2. The van der Waals surface area contributed by atoms with E-state index in [1.165, 1.54) is 6.42 Å². The molecule has 0 atom stereocenters. The molecule has 0 amide bonds. The van der Waals surface area contributed by atoms with Crippen molar-refractivity contribution in [3.05, 3.63) is 37.2 Å². The van der Waals surface area contributed by atoms with Gasteiger partial charge in [-0.1, -0.05) is 31.4 Å². The van der Waals surface area contributed by atoms with E-state index in [9.17, 15) is 8.42 Å². The molecule has 1 aromatic rings. The van der Waals surface area contributed by atoms with Crippen LogP contribution in [0.5, 0.6) is 0 Å². The Hall–Kier alpha value is -1.44. The molecule has 2 rings (SSSR count). The molecule has 1 aliphatic rings. The minimum absolute atomic E-state index is 0.178. The molecule has 0 aromatic carbocycles. The molecular weight excluding hydrogens is 362 g/mol. The molecule has 0 spiro atoms. The fraction of sp³-hybridized carbons (Fsp3) is 0.650. The second kappa shape index (κ2) is 10.8. The number of ether oxygens (including phenoxy) is 1. The van der Waals surface area contributed by atoms with Crippen LogP contribution in [0.25, 0.3) is 0 Å². The first-order valence-corrected chi connectivity index (χ1v) is 11.4. The summed E-state index contributed by atoms with van der Waals surface area (Å²) in [5, 5.41) is 0.178. The van der Waals surface area contributed by atoms with Gasteiger partial charge < -0.3 is 9.30 Å². The van der Waals surface area contributed by atoms with Crippen molar-refractivity contribution in [2.24, 2.45) is 5.92 Å². The predicted molar refractivity (Wildman–Crippen MR) is 108 cm³/mol. The van der Waals surface area contributed by atoms with Gasteiger partial charge in [0.1, 0.15) is 0 Å². The Morgan fingerprint density at radius 3 is 2.52 bits per heavy atom. The molecule has 6 nitrogen and oxygen atoms in total. The van der Waals surface area contributed by atoms with Crippen molar-refractivity contribution in [1.82, 2.24) is 14.5 Å². The Labute approximate surface area is 163 Å². The molecule has 152 valence electrons. The van der Waals surface area contributed by atoms with Gasteiger partial charge in [-0.05, 0) is 18.8 Å². The Morgan fingerprint density at radius 2 is 1.93 bits per heavy atom. The van der Waals surface area contributed by atoms with Crippen LogP contribution in [0.3, 0.4) is 0 Å². The number of sulfone groups is 1. The second-order valence-electron chi connectivity index (χ2n) is 7.23. The van der Waals surface area contributed by atoms with Gasteiger partial charge in [-0.3, -0.25) is 4.90 Å². The van der Waals surface area contributed by atoms with Gasteiger partial charge in [0.25, 0.3) is 0 Å². The van der Waals surface area contributed by atoms with Crippen LogP contribution >= 0.6 is 0 Å². The molecule has 0 N–H and O–H groups in total. The fourth-order valence-electron chi connectivity index (χ4n) is 3.72. The largest absolute Gasteiger partial charge is 0.383 e. The third-order valence-electron chi connectivity index (χ3n) is 5.04. The Kier molecular flexibility index (Phi) is 8.73. The molecule has 1 fully saturated rings. The summed E-state index contributed by atoms with van der Waals surface area (Å²) in [5.41, 5.74) is 0.873. The van der Waals surface area contributed by atoms with Crippen molar-refractivity contribution in [2.45, 2.75) is 50.4 Å². The van der Waals surface area contributed by atoms with E-state index in [0.29, 0.717) is 32.8 Å². The van der Waals surface area contributed by atoms with Crippen LogP contribution in [0.2, 0.25) is 0 Å². The molecule has 0 unspecified atom stereocenters. The van der Waals surface area contributed by atoms with Gasteiger partial charge in [0.15, 0.2) is 0 Å². The second-order valence-corrected chi connectivity index (χ2v) is 9.16. The Morgan fingerprint density at radius 1 is 1.26 bits per heavy atom. The molecule has 1 heterocycles. The molecule has 0 aliphatic heterocycles. The van der Waals surface area contributed by atoms with Gasteiger partial charge in [0, 0.05) is 33.3 Å². The lowest BCUT2D eigenvalue weighted by molar-refractivity contribution is 0.182. The van der Waals surface area contributed by atoms with Crippen LogP contribution in [0.15, 0.2) is 36.7 Å². The smallest absolute Gasteiger partial charge is 0.227 e. The maximum atomic E-state index is 13.1. The van der Waals surface area contributed by atoms with Crippen LogP contribution in [0, 0.1) is 5.92 Å². The molecular formula is C20H33N3O3S. The minimum Gasteiger partial charge on any atom is -0.383 e. The lowest BCUT2D eigenvalue weighted by Gasteiger charge is -2.22. The minimum atomic E-state index is -3.42. The average Bonchev–Trinajstić information content (AvgIpc) is 3.04. The zero-order valence-electron chi connectivity index (χ0n) is 16.5. The summed E-state index contributed by atoms with van der Waals surface area (Å²) in [5.74, 6) is 0.442. The zero-order valence-corrected chi connectivity index (χ0v) is 17.3. The third kappa shape index (κ3) is 6.30. The normalized spacial score (nSPS) is 15.9. The summed E-state index contributed by atoms with van der Waals surface area (Å²) in [7, 11) is -1.80. The van der Waals surface area contributed by atoms with Crippen molar-refractivity contribution >= 4 is 9.84 Å². The van der Waals surface area contributed by atoms with E-state index < -0.39 is 9.84 Å². The number of hydrogen-bond donors (Lipinski definition) is 0. The van der Waals surface area contributed by atoms with E-state index in [1.807, 2.05) is 12.2 Å². The van der Waals surface area contributed by atoms with E-state index in [-0.39, 0.29) is 16.8 Å². The van der Waals surface area contributed by atoms with Crippen molar-refractivity contribution in [2.75, 3.05) is 32.6 Å². The summed E-state index contributed by atoms with van der Waals surface area (Å²) in [6, 6.07) is 0. The monoisotopic (exact) mass is 395 g/mol. The van der Waals surface area contributed by atoms with Crippen LogP contribution in [-0.2, 0) is 27.7 Å². The lowest BCUT2D eigenvalue weighted by atomic mass is 9.91. The van der Waals surface area contributed by atoms with Gasteiger partial charge in [0.05, 0.1) is 24.3 Å². The van der Waals surface area contributed by atoms with E-state index in [1.54, 1.807) is 17.9 Å². The van der Waals surface area contributed by atoms with Gasteiger partial charge in [0.2, 0.25) is 15.0 Å². The highest BCUT2D eigenvalue weighted by Crippen LogP contribution is 2.27. The Balaban J connectivity index is 2.25. The van der Waals surface area contributed by atoms with Crippen LogP contribution in [-0.4, -0.2) is 55.4 Å². The first-order valence-electron chi connectivity index (χ1n) is 9.72. The van der Waals surface area contributed by atoms with Crippen LogP contribution in [0.4, 0.5) is 0 Å². The van der Waals surface area contributed by atoms with Crippen molar-refractivity contribution in [3.8, 4) is 0 Å². The quantitative estimate of drug-likeness (QED) is 0.509. The predicted octanol–water partition coefficient (Wildman–Crippen LogP) is 3.06. The summed E-state index contributed by atoms with van der Waals surface area (Å²) in [6.07, 6.45) is 10.8. The van der Waals surface area contributed by atoms with Crippen molar-refractivity contribution in [3.63, 3.8) is 0 Å². The summed E-state index contributed by atoms with van der Waals surface area (Å²) in [4.78, 5) is 6.46. The summed E-state index contributed by atoms with van der Waals surface area (Å²) < 4.78 is 33.1. The number of methoxy groups -OCH3 is 1. The van der Waals surface area contributed by atoms with E-state index in [2.05, 4.69) is 23.0 Å². The fourth-order valence-corrected chi connectivity index (χ4v) is 5.59. The van der Waals surface area contributed by atoms with E-state index in [0.717, 1.165) is 31.4 Å². The molecule has 0 saturated heterocycles. The summed E-state index contributed by atoms with van der Waals surface area (Å²) >= 11 is 0. The number of nitrogens with zero attached hydrogens (tertiary/aromatic N) is 3. The summed E-state index contributed by atoms with van der Waals surface area (Å²) in [6.45, 7) is 10.5. The topological polar surface area (TPSA) is 64.4 Å². The van der Waals surface area contributed by atoms with E-state index in [4.69, 9.17) is 4.74 Å². The molecule has 0 radical (unpaired) electrons. The highest BCUT2D eigenvalue weighted by Gasteiger charge is 2.28. The molecule has 7 heteroatoms. The number of rotatable bonds is 12. The third-order valence-corrected chi connectivity index (χ3v) is 6.83. The molecule has 1 saturated carbocycles. The zero-order chi connectivity index (χ0) is 19.7. The van der Waals surface area contributed by atoms with Crippen LogP contribution < -0.4 is 0 Å². The lowest BCUT2D eigenvalue weighted by Crippen LogP contribution is -2.27. The molecule has 0 bridgehead atoms. The standard InChI is InChI=1S/C20H33N3O3S/c1-4-11-22(12-5-2)16-19-15-21-20(23(19)13-14-26-3)27(24,25)17-18-9-7-6-8-10-18/h4-5,15,18H,1-2,6-14,16-17H2,3H3. The van der Waals surface area contributed by atoms with Crippen LogP contribution in [0.1, 0.15) is 37.8 Å². The maximum absolute atomic E-state index is 13.1. The van der Waals surface area contributed by atoms with Gasteiger partial charge in [-0.15, -0.1) is 13.2 Å². The van der Waals surface area contributed by atoms with Crippen molar-refractivity contribution in [1.29, 1.82) is 0 Å². The first kappa shape index (κ1) is 21.9. The molecule has 1 aromatic heterocycles. The molecule has 1 aliphatic carbocycles. The maximum Gasteiger partial charge on any atom is 0.227 e. The first-order chi connectivity index (χ1) is 13.0. The van der Waals surface area contributed by atoms with Gasteiger partial charge in [-0.2, -0.15) is 0 Å². The van der Waals surface area contributed by atoms with Crippen molar-refractivity contribution < 1.29 is 13.2 Å². The number of imidazole rings is 1. The average molecular weight is 396 g/mol. The highest BCUT2D eigenvalue weighted by atomic mass is 32.2. The van der Waals surface area contributed by atoms with Gasteiger partial charge >= 0.3 is 0 Å². The Bertz CT molecular complexity index is 696. The molecule has 27 heavy (non-hydrogen) atoms. The SMILES string of the molecule is C=CCN(CC=C)Cc1cnc(S(=O)(=O)CC2CCCCC2)n1CCOC.